The average Bonchev–Trinajstić information content (AvgIpc) is 2.57. The van der Waals surface area contributed by atoms with Crippen molar-refractivity contribution in [1.29, 1.82) is 0 Å². The lowest BCUT2D eigenvalue weighted by molar-refractivity contribution is -0.148. The summed E-state index contributed by atoms with van der Waals surface area (Å²) in [5.74, 6) is -2.37. The van der Waals surface area contributed by atoms with E-state index < -0.39 is 39.8 Å². The molecule has 6 nitrogen and oxygen atoms in total. The van der Waals surface area contributed by atoms with E-state index in [9.17, 15) is 21.9 Å². The standard InChI is InChI=1S/C10H16FNO5S2/c1-18-3-2-8(10(14)15)12-5-7(4-9(12)13)6-19(11,16)17/h7-8H,2-6H2,1H3,(H,14,15)/t7?,8-/m0/s1. The molecule has 9 heteroatoms. The van der Waals surface area contributed by atoms with Gasteiger partial charge in [-0.1, -0.05) is 0 Å². The molecule has 1 heterocycles. The van der Waals surface area contributed by atoms with Crippen molar-refractivity contribution < 1.29 is 27.0 Å². The van der Waals surface area contributed by atoms with E-state index in [-0.39, 0.29) is 19.4 Å². The van der Waals surface area contributed by atoms with Gasteiger partial charge in [-0.25, -0.2) is 4.79 Å². The molecule has 0 aliphatic carbocycles. The first-order valence-electron chi connectivity index (χ1n) is 5.68. The zero-order chi connectivity index (χ0) is 14.6. The Balaban J connectivity index is 2.72. The van der Waals surface area contributed by atoms with E-state index in [1.807, 2.05) is 6.26 Å². The van der Waals surface area contributed by atoms with Gasteiger partial charge in [0.05, 0.1) is 5.75 Å². The lowest BCUT2D eigenvalue weighted by atomic mass is 10.1. The molecule has 1 saturated heterocycles. The summed E-state index contributed by atoms with van der Waals surface area (Å²) in [6, 6.07) is -0.965. The first kappa shape index (κ1) is 16.2. The second-order valence-electron chi connectivity index (χ2n) is 4.46. The Morgan fingerprint density at radius 3 is 2.74 bits per heavy atom. The molecular formula is C10H16FNO5S2. The molecule has 0 aromatic rings. The lowest BCUT2D eigenvalue weighted by Crippen LogP contribution is -2.42. The highest BCUT2D eigenvalue weighted by Gasteiger charge is 2.38. The fourth-order valence-electron chi connectivity index (χ4n) is 2.15. The van der Waals surface area contributed by atoms with Crippen LogP contribution >= 0.6 is 11.8 Å². The van der Waals surface area contributed by atoms with Gasteiger partial charge in [0.1, 0.15) is 6.04 Å². The Labute approximate surface area is 115 Å². The first-order valence-corrected chi connectivity index (χ1v) is 8.62. The van der Waals surface area contributed by atoms with Crippen molar-refractivity contribution in [3.05, 3.63) is 0 Å². The highest BCUT2D eigenvalue weighted by Crippen LogP contribution is 2.24. The zero-order valence-electron chi connectivity index (χ0n) is 10.4. The van der Waals surface area contributed by atoms with Crippen molar-refractivity contribution >= 4 is 33.9 Å². The predicted octanol–water partition coefficient (Wildman–Crippen LogP) is 0.341. The van der Waals surface area contributed by atoms with Gasteiger partial charge in [-0.05, 0) is 18.4 Å². The third kappa shape index (κ3) is 4.98. The van der Waals surface area contributed by atoms with Gasteiger partial charge in [-0.3, -0.25) is 4.79 Å². The molecule has 1 unspecified atom stereocenters. The summed E-state index contributed by atoms with van der Waals surface area (Å²) < 4.78 is 33.7. The molecule has 0 bridgehead atoms. The summed E-state index contributed by atoms with van der Waals surface area (Å²) in [4.78, 5) is 24.0. The minimum Gasteiger partial charge on any atom is -0.480 e. The molecule has 0 spiro atoms. The van der Waals surface area contributed by atoms with Gasteiger partial charge in [0.25, 0.3) is 0 Å². The monoisotopic (exact) mass is 313 g/mol. The van der Waals surface area contributed by atoms with Crippen molar-refractivity contribution in [2.75, 3.05) is 24.3 Å². The predicted molar refractivity (Wildman–Crippen MR) is 69.1 cm³/mol. The van der Waals surface area contributed by atoms with Crippen LogP contribution in [0.2, 0.25) is 0 Å². The molecule has 0 aromatic heterocycles. The number of carbonyl (C=O) groups excluding carboxylic acids is 1. The smallest absolute Gasteiger partial charge is 0.326 e. The number of amides is 1. The zero-order valence-corrected chi connectivity index (χ0v) is 12.0. The van der Waals surface area contributed by atoms with Crippen molar-refractivity contribution in [2.24, 2.45) is 5.92 Å². The molecule has 1 aliphatic rings. The average molecular weight is 313 g/mol. The van der Waals surface area contributed by atoms with Crippen LogP contribution in [0.4, 0.5) is 3.89 Å². The molecule has 0 saturated carbocycles. The fourth-order valence-corrected chi connectivity index (χ4v) is 3.39. The third-order valence-corrected chi connectivity index (χ3v) is 4.44. The van der Waals surface area contributed by atoms with Crippen molar-refractivity contribution in [3.8, 4) is 0 Å². The number of hydrogen-bond donors (Lipinski definition) is 1. The fraction of sp³-hybridized carbons (Fsp3) is 0.800. The first-order chi connectivity index (χ1) is 8.74. The molecule has 1 rings (SSSR count). The van der Waals surface area contributed by atoms with E-state index >= 15 is 0 Å². The van der Waals surface area contributed by atoms with Gasteiger partial charge >= 0.3 is 16.2 Å². The number of likely N-dealkylation sites (tertiary alicyclic amines) is 1. The highest BCUT2D eigenvalue weighted by atomic mass is 32.3. The number of carbonyl (C=O) groups is 2. The van der Waals surface area contributed by atoms with Crippen LogP contribution in [0.25, 0.3) is 0 Å². The van der Waals surface area contributed by atoms with Crippen LogP contribution < -0.4 is 0 Å². The van der Waals surface area contributed by atoms with Gasteiger partial charge in [0, 0.05) is 18.9 Å². The second-order valence-corrected chi connectivity index (χ2v) is 6.85. The van der Waals surface area contributed by atoms with E-state index in [0.717, 1.165) is 4.90 Å². The Kier molecular flexibility index (Phi) is 5.60. The van der Waals surface area contributed by atoms with E-state index in [4.69, 9.17) is 5.11 Å². The summed E-state index contributed by atoms with van der Waals surface area (Å²) >= 11 is 1.46. The normalized spacial score (nSPS) is 21.7. The maximum atomic E-state index is 12.6. The second kappa shape index (κ2) is 6.56. The summed E-state index contributed by atoms with van der Waals surface area (Å²) in [5.41, 5.74) is 0. The number of halogens is 1. The number of aliphatic carboxylic acids is 1. The molecule has 0 aromatic carbocycles. The van der Waals surface area contributed by atoms with E-state index in [2.05, 4.69) is 0 Å². The van der Waals surface area contributed by atoms with Gasteiger partial charge in [-0.15, -0.1) is 3.89 Å². The number of rotatable bonds is 7. The maximum absolute atomic E-state index is 12.6. The van der Waals surface area contributed by atoms with Crippen LogP contribution in [0.1, 0.15) is 12.8 Å². The molecule has 0 radical (unpaired) electrons. The van der Waals surface area contributed by atoms with Crippen LogP contribution in [0.3, 0.4) is 0 Å². The van der Waals surface area contributed by atoms with E-state index in [1.165, 1.54) is 11.8 Å². The number of carboxylic acid groups (broad SMARTS) is 1. The molecule has 1 amide bonds. The maximum Gasteiger partial charge on any atom is 0.326 e. The molecule has 2 atom stereocenters. The number of hydrogen-bond acceptors (Lipinski definition) is 5. The topological polar surface area (TPSA) is 91.8 Å². The summed E-state index contributed by atoms with van der Waals surface area (Å²) in [5, 5.41) is 9.10. The molecular weight excluding hydrogens is 297 g/mol. The number of thioether (sulfide) groups is 1. The van der Waals surface area contributed by atoms with Crippen molar-refractivity contribution in [2.45, 2.75) is 18.9 Å². The Morgan fingerprint density at radius 2 is 2.26 bits per heavy atom. The van der Waals surface area contributed by atoms with Gasteiger partial charge in [0.15, 0.2) is 0 Å². The van der Waals surface area contributed by atoms with Crippen LogP contribution in [0.15, 0.2) is 0 Å². The lowest BCUT2D eigenvalue weighted by Gasteiger charge is -2.24. The van der Waals surface area contributed by atoms with Crippen LogP contribution in [-0.2, 0) is 19.8 Å². The van der Waals surface area contributed by atoms with Crippen molar-refractivity contribution in [3.63, 3.8) is 0 Å². The van der Waals surface area contributed by atoms with Crippen LogP contribution in [0, 0.1) is 5.92 Å². The number of nitrogens with zero attached hydrogens (tertiary/aromatic N) is 1. The van der Waals surface area contributed by atoms with Crippen LogP contribution in [-0.4, -0.2) is 60.6 Å². The molecule has 1 aliphatic heterocycles. The quantitative estimate of drug-likeness (QED) is 0.682. The third-order valence-electron chi connectivity index (χ3n) is 2.93. The molecule has 1 fully saturated rings. The molecule has 19 heavy (non-hydrogen) atoms. The van der Waals surface area contributed by atoms with Gasteiger partial charge in [-0.2, -0.15) is 20.2 Å². The highest BCUT2D eigenvalue weighted by molar-refractivity contribution is 7.98. The summed E-state index contributed by atoms with van der Waals surface area (Å²) in [6.45, 7) is -0.0205. The SMILES string of the molecule is CSCC[C@@H](C(=O)O)N1CC(CS(=O)(=O)F)CC1=O. The minimum absolute atomic E-state index is 0.0205. The molecule has 1 N–H and O–H groups in total. The van der Waals surface area contributed by atoms with E-state index in [1.54, 1.807) is 0 Å². The van der Waals surface area contributed by atoms with Gasteiger partial charge < -0.3 is 10.0 Å². The van der Waals surface area contributed by atoms with Gasteiger partial charge in [0.2, 0.25) is 5.91 Å². The summed E-state index contributed by atoms with van der Waals surface area (Å²) in [7, 11) is -4.65. The van der Waals surface area contributed by atoms with E-state index in [0.29, 0.717) is 5.75 Å². The van der Waals surface area contributed by atoms with Crippen molar-refractivity contribution in [1.82, 2.24) is 4.90 Å². The minimum atomic E-state index is -4.65. The number of carboxylic acids is 1. The Morgan fingerprint density at radius 1 is 1.63 bits per heavy atom. The molecule has 110 valence electrons. The van der Waals surface area contributed by atoms with Crippen LogP contribution in [0.5, 0.6) is 0 Å². The summed E-state index contributed by atoms with van der Waals surface area (Å²) in [6.07, 6.45) is 1.99. The Bertz CT molecular complexity index is 453. The largest absolute Gasteiger partial charge is 0.480 e. The Hall–Kier alpha value is -0.830.